The van der Waals surface area contributed by atoms with Crippen LogP contribution in [0.5, 0.6) is 0 Å². The van der Waals surface area contributed by atoms with Crippen LogP contribution in [0.2, 0.25) is 0 Å². The summed E-state index contributed by atoms with van der Waals surface area (Å²) in [7, 11) is 0. The monoisotopic (exact) mass is 1570 g/mol. The first-order valence-electron chi connectivity index (χ1n) is 36.4. The molecule has 3 aliphatic heterocycles. The van der Waals surface area contributed by atoms with E-state index in [0.29, 0.717) is 113 Å². The number of hydrogen-bond donors (Lipinski definition) is 0. The lowest BCUT2D eigenvalue weighted by atomic mass is 9.91. The Kier molecular flexibility index (Phi) is 39.4. The molecule has 105 heavy (non-hydrogen) atoms. The van der Waals surface area contributed by atoms with Crippen LogP contribution in [0, 0.1) is 0 Å². The molecule has 1 aromatic heterocycles. The van der Waals surface area contributed by atoms with Crippen molar-refractivity contribution >= 4 is 106 Å². The SMILES string of the molecule is CC(C)(C(=O)c1ccc(SCCOCCCSCCC(=O)OCCn2c(=O)n(CCOC(=O)CCSCCCOCCSc3ccc(C(=O)C(C)(C)N4CCOCC4)cc3)c(=O)n(CCOC(=O)CCSCCCOCCSc3ccc(C(=O)C(C)(C)N4CCOCC4)cc3)c2=O)cc1)N1CCOCC1. The normalized spacial score (nSPS) is 15.0. The third-order valence-corrected chi connectivity index (χ3v) is 24.3. The number of aromatic nitrogens is 3. The van der Waals surface area contributed by atoms with Crippen LogP contribution in [0.25, 0.3) is 0 Å². The average Bonchev–Trinajstić information content (AvgIpc) is 0.802. The standard InChI is InChI=1S/C75H108N6O18S6/c1-73(2,76-25-37-94-38-26-76)67(85)58-10-16-61(17-11-58)103-55-46-91-34-7-49-100-52-22-64(82)97-43-31-79-70(88)80(32-44-98-65(83)23-53-101-50-8-35-92-47-56-104-62-18-12-59(13-19-62)68(86)74(3,4)77-27-39-95-40-28-77)72(90)81(71(79)89)33-45-99-66(84)24-54-102-51-9-36-93-48-57-105-63-20-14-60(15-21-63)69(87)75(5,6)78-29-41-96-42-30-78/h10-21H,7-9,22-57H2,1-6H3. The minimum Gasteiger partial charge on any atom is -0.464 e. The van der Waals surface area contributed by atoms with Gasteiger partial charge in [0, 0.05) is 125 Å². The molecule has 24 nitrogen and oxygen atoms in total. The van der Waals surface area contributed by atoms with Gasteiger partial charge in [-0.15, -0.1) is 35.3 Å². The first-order valence-corrected chi connectivity index (χ1v) is 42.8. The van der Waals surface area contributed by atoms with Gasteiger partial charge in [0.25, 0.3) is 0 Å². The molecule has 0 bridgehead atoms. The van der Waals surface area contributed by atoms with Crippen LogP contribution in [-0.4, -0.2) is 270 Å². The van der Waals surface area contributed by atoms with Crippen molar-refractivity contribution in [3.05, 3.63) is 121 Å². The number of carbonyl (C=O) groups excluding carboxylic acids is 6. The first-order chi connectivity index (χ1) is 50.7. The number of morpholine rings is 3. The van der Waals surface area contributed by atoms with Gasteiger partial charge in [-0.1, -0.05) is 36.4 Å². The Morgan fingerprint density at radius 2 is 0.590 bits per heavy atom. The zero-order chi connectivity index (χ0) is 75.3. The molecule has 4 aromatic rings. The molecule has 582 valence electrons. The van der Waals surface area contributed by atoms with Crippen molar-refractivity contribution in [2.45, 2.75) is 131 Å². The van der Waals surface area contributed by atoms with Gasteiger partial charge in [0.15, 0.2) is 17.3 Å². The molecule has 0 radical (unpaired) electrons. The van der Waals surface area contributed by atoms with E-state index in [1.54, 1.807) is 70.6 Å². The zero-order valence-corrected chi connectivity index (χ0v) is 66.9. The lowest BCUT2D eigenvalue weighted by Gasteiger charge is -2.39. The Morgan fingerprint density at radius 1 is 0.343 bits per heavy atom. The van der Waals surface area contributed by atoms with Crippen LogP contribution in [0.1, 0.15) is 111 Å². The van der Waals surface area contributed by atoms with Crippen molar-refractivity contribution in [2.24, 2.45) is 0 Å². The second kappa shape index (κ2) is 47.3. The van der Waals surface area contributed by atoms with Gasteiger partial charge >= 0.3 is 35.0 Å². The van der Waals surface area contributed by atoms with Gasteiger partial charge in [0.05, 0.1) is 115 Å². The lowest BCUT2D eigenvalue weighted by Crippen LogP contribution is -2.55. The van der Waals surface area contributed by atoms with Crippen LogP contribution in [0.3, 0.4) is 0 Å². The molecule has 0 N–H and O–H groups in total. The maximum Gasteiger partial charge on any atom is 0.336 e. The zero-order valence-electron chi connectivity index (χ0n) is 62.0. The quantitative estimate of drug-likeness (QED) is 0.0132. The Bertz CT molecular complexity index is 3110. The molecule has 7 rings (SSSR count). The van der Waals surface area contributed by atoms with E-state index in [4.69, 9.17) is 42.6 Å². The molecule has 3 fully saturated rings. The van der Waals surface area contributed by atoms with Crippen LogP contribution in [-0.2, 0) is 76.6 Å². The second-order valence-electron chi connectivity index (χ2n) is 26.5. The summed E-state index contributed by atoms with van der Waals surface area (Å²) in [6.45, 7) is 21.2. The number of ether oxygens (including phenoxy) is 9. The van der Waals surface area contributed by atoms with Gasteiger partial charge < -0.3 is 42.6 Å². The molecule has 0 unspecified atom stereocenters. The van der Waals surface area contributed by atoms with Gasteiger partial charge in [-0.05, 0) is 114 Å². The maximum absolute atomic E-state index is 13.8. The minimum absolute atomic E-state index is 0.0870. The van der Waals surface area contributed by atoms with Gasteiger partial charge in [0.1, 0.15) is 19.8 Å². The van der Waals surface area contributed by atoms with Crippen molar-refractivity contribution in [3.8, 4) is 0 Å². The fourth-order valence-corrected chi connectivity index (χ4v) is 16.5. The molecular formula is C75H108N6O18S6. The number of esters is 3. The van der Waals surface area contributed by atoms with Crippen LogP contribution >= 0.6 is 70.6 Å². The summed E-state index contributed by atoms with van der Waals surface area (Å²) in [6.07, 6.45) is 2.59. The molecule has 3 aromatic carbocycles. The molecule has 0 amide bonds. The lowest BCUT2D eigenvalue weighted by molar-refractivity contribution is -0.144. The summed E-state index contributed by atoms with van der Waals surface area (Å²) >= 11 is 9.69. The van der Waals surface area contributed by atoms with Gasteiger partial charge in [-0.3, -0.25) is 43.5 Å². The number of Topliss-reactive ketones (excluding diaryl/α,β-unsaturated/α-hetero) is 3. The van der Waals surface area contributed by atoms with E-state index >= 15 is 0 Å². The van der Waals surface area contributed by atoms with E-state index in [1.165, 1.54) is 0 Å². The van der Waals surface area contributed by atoms with Crippen molar-refractivity contribution in [2.75, 3.05) is 190 Å². The topological polar surface area (TPSA) is 261 Å². The van der Waals surface area contributed by atoms with Crippen molar-refractivity contribution in [1.29, 1.82) is 0 Å². The predicted octanol–water partition coefficient (Wildman–Crippen LogP) is 8.65. The van der Waals surface area contributed by atoms with Crippen molar-refractivity contribution in [1.82, 2.24) is 28.4 Å². The maximum atomic E-state index is 13.8. The second-order valence-corrected chi connectivity index (χ2v) is 33.7. The van der Waals surface area contributed by atoms with Crippen molar-refractivity contribution in [3.63, 3.8) is 0 Å². The number of carbonyl (C=O) groups is 6. The number of thioether (sulfide) groups is 6. The number of nitrogens with zero attached hydrogens (tertiary/aromatic N) is 6. The van der Waals surface area contributed by atoms with E-state index in [1.807, 2.05) is 114 Å². The van der Waals surface area contributed by atoms with Gasteiger partial charge in [-0.25, -0.2) is 28.1 Å². The van der Waals surface area contributed by atoms with E-state index in [0.717, 1.165) is 121 Å². The third-order valence-electron chi connectivity index (χ3n) is 18.1. The van der Waals surface area contributed by atoms with E-state index in [-0.39, 0.29) is 76.1 Å². The minimum atomic E-state index is -0.975. The fourth-order valence-electron chi connectivity index (χ4n) is 11.7. The first kappa shape index (κ1) is 87.5. The molecular weight excluding hydrogens is 1470 g/mol. The molecule has 0 spiro atoms. The summed E-state index contributed by atoms with van der Waals surface area (Å²) < 4.78 is 52.6. The Morgan fingerprint density at radius 3 is 0.838 bits per heavy atom. The van der Waals surface area contributed by atoms with Crippen LogP contribution < -0.4 is 17.1 Å². The van der Waals surface area contributed by atoms with E-state index < -0.39 is 51.6 Å². The summed E-state index contributed by atoms with van der Waals surface area (Å²) in [6, 6.07) is 23.2. The van der Waals surface area contributed by atoms with Crippen LogP contribution in [0.15, 0.2) is 102 Å². The summed E-state index contributed by atoms with van der Waals surface area (Å²) in [5.74, 6) is 4.64. The highest BCUT2D eigenvalue weighted by atomic mass is 32.2. The van der Waals surface area contributed by atoms with E-state index in [9.17, 15) is 43.2 Å². The summed E-state index contributed by atoms with van der Waals surface area (Å²) in [5, 5.41) is 0. The molecule has 30 heteroatoms. The highest BCUT2D eigenvalue weighted by Crippen LogP contribution is 2.29. The Hall–Kier alpha value is -4.77. The third kappa shape index (κ3) is 29.5. The number of hydrogen-bond acceptors (Lipinski definition) is 27. The largest absolute Gasteiger partial charge is 0.464 e. The van der Waals surface area contributed by atoms with E-state index in [2.05, 4.69) is 14.7 Å². The Balaban J connectivity index is 0.770. The predicted molar refractivity (Wildman–Crippen MR) is 418 cm³/mol. The fraction of sp³-hybridized carbons (Fsp3) is 0.640. The Labute approximate surface area is 643 Å². The smallest absolute Gasteiger partial charge is 0.336 e. The number of rotatable bonds is 51. The molecule has 0 aliphatic carbocycles. The number of ketones is 3. The molecule has 0 atom stereocenters. The molecule has 4 heterocycles. The molecule has 3 aliphatic rings. The summed E-state index contributed by atoms with van der Waals surface area (Å²) in [5.41, 5.74) is -2.70. The molecule has 0 saturated carbocycles. The highest BCUT2D eigenvalue weighted by Gasteiger charge is 2.38. The molecule has 3 saturated heterocycles. The summed E-state index contributed by atoms with van der Waals surface area (Å²) in [4.78, 5) is 130. The van der Waals surface area contributed by atoms with Crippen LogP contribution in [0.4, 0.5) is 0 Å². The van der Waals surface area contributed by atoms with Gasteiger partial charge in [-0.2, -0.15) is 35.3 Å². The average molecular weight is 1570 g/mol. The van der Waals surface area contributed by atoms with Crippen molar-refractivity contribution < 1.29 is 71.4 Å². The highest BCUT2D eigenvalue weighted by molar-refractivity contribution is 8.00. The number of benzene rings is 3. The van der Waals surface area contributed by atoms with Gasteiger partial charge in [0.2, 0.25) is 0 Å².